The van der Waals surface area contributed by atoms with Crippen LogP contribution >= 0.6 is 23.2 Å². The van der Waals surface area contributed by atoms with E-state index in [-0.39, 0.29) is 11.9 Å². The van der Waals surface area contributed by atoms with Gasteiger partial charge in [0.2, 0.25) is 0 Å². The van der Waals surface area contributed by atoms with Crippen molar-refractivity contribution in [2.75, 3.05) is 0 Å². The molecule has 1 nitrogen and oxygen atoms in total. The fraction of sp³-hybridized carbons (Fsp3) is 0.200. The van der Waals surface area contributed by atoms with Crippen molar-refractivity contribution in [3.63, 3.8) is 0 Å². The van der Waals surface area contributed by atoms with Crippen LogP contribution in [0.5, 0.6) is 0 Å². The second-order valence-corrected chi connectivity index (χ2v) is 5.39. The molecule has 0 bridgehead atoms. The molecule has 19 heavy (non-hydrogen) atoms. The molecule has 1 unspecified atom stereocenters. The fourth-order valence-electron chi connectivity index (χ4n) is 1.98. The first-order valence-electron chi connectivity index (χ1n) is 5.93. The Kier molecular flexibility index (Phi) is 4.46. The van der Waals surface area contributed by atoms with Crippen molar-refractivity contribution in [1.29, 1.82) is 0 Å². The first kappa shape index (κ1) is 14.3. The minimum absolute atomic E-state index is 0.313. The molecule has 0 aliphatic heterocycles. The summed E-state index contributed by atoms with van der Waals surface area (Å²) in [4.78, 5) is 0. The van der Waals surface area contributed by atoms with E-state index in [9.17, 15) is 4.39 Å². The SMILES string of the molecule is Cc1ccc(C(N)Cc2cc(F)ccc2Cl)c(Cl)c1. The Morgan fingerprint density at radius 2 is 1.84 bits per heavy atom. The highest BCUT2D eigenvalue weighted by Gasteiger charge is 2.13. The lowest BCUT2D eigenvalue weighted by atomic mass is 9.98. The summed E-state index contributed by atoms with van der Waals surface area (Å²) in [5, 5.41) is 1.14. The van der Waals surface area contributed by atoms with Crippen LogP contribution in [0.4, 0.5) is 4.39 Å². The Hall–Kier alpha value is -1.09. The molecule has 0 aliphatic carbocycles. The molecule has 2 aromatic carbocycles. The predicted molar refractivity (Wildman–Crippen MR) is 78.2 cm³/mol. The van der Waals surface area contributed by atoms with Crippen molar-refractivity contribution >= 4 is 23.2 Å². The van der Waals surface area contributed by atoms with Crippen molar-refractivity contribution in [1.82, 2.24) is 0 Å². The van der Waals surface area contributed by atoms with E-state index >= 15 is 0 Å². The Labute approximate surface area is 122 Å². The van der Waals surface area contributed by atoms with Crippen LogP contribution in [0.1, 0.15) is 22.7 Å². The van der Waals surface area contributed by atoms with Gasteiger partial charge in [-0.1, -0.05) is 35.3 Å². The van der Waals surface area contributed by atoms with Gasteiger partial charge in [-0.25, -0.2) is 4.39 Å². The van der Waals surface area contributed by atoms with E-state index in [1.165, 1.54) is 18.2 Å². The molecule has 0 radical (unpaired) electrons. The van der Waals surface area contributed by atoms with E-state index in [4.69, 9.17) is 28.9 Å². The van der Waals surface area contributed by atoms with E-state index in [0.717, 1.165) is 11.1 Å². The van der Waals surface area contributed by atoms with Gasteiger partial charge in [-0.05, 0) is 54.3 Å². The number of aryl methyl sites for hydroxylation is 1. The average Bonchev–Trinajstić information content (AvgIpc) is 2.33. The van der Waals surface area contributed by atoms with Gasteiger partial charge < -0.3 is 5.73 Å². The van der Waals surface area contributed by atoms with Crippen LogP contribution in [0.25, 0.3) is 0 Å². The summed E-state index contributed by atoms with van der Waals surface area (Å²) < 4.78 is 13.2. The first-order chi connectivity index (χ1) is 8.97. The van der Waals surface area contributed by atoms with Crippen molar-refractivity contribution in [2.45, 2.75) is 19.4 Å². The molecule has 0 spiro atoms. The molecular formula is C15H14Cl2FN. The molecule has 0 fully saturated rings. The van der Waals surface area contributed by atoms with Gasteiger partial charge in [-0.2, -0.15) is 0 Å². The molecule has 100 valence electrons. The molecule has 0 heterocycles. The number of hydrogen-bond acceptors (Lipinski definition) is 1. The van der Waals surface area contributed by atoms with Crippen LogP contribution < -0.4 is 5.73 Å². The third kappa shape index (κ3) is 3.47. The van der Waals surface area contributed by atoms with Crippen LogP contribution in [0, 0.1) is 12.7 Å². The largest absolute Gasteiger partial charge is 0.324 e. The monoisotopic (exact) mass is 297 g/mol. The highest BCUT2D eigenvalue weighted by atomic mass is 35.5. The van der Waals surface area contributed by atoms with Gasteiger partial charge in [0.15, 0.2) is 0 Å². The second-order valence-electron chi connectivity index (χ2n) is 4.57. The predicted octanol–water partition coefficient (Wildman–Crippen LogP) is 4.68. The normalized spacial score (nSPS) is 12.5. The minimum atomic E-state index is -0.318. The second kappa shape index (κ2) is 5.91. The van der Waals surface area contributed by atoms with Crippen molar-refractivity contribution in [3.05, 3.63) is 69.0 Å². The number of hydrogen-bond donors (Lipinski definition) is 1. The Balaban J connectivity index is 2.25. The van der Waals surface area contributed by atoms with E-state index in [2.05, 4.69) is 0 Å². The van der Waals surface area contributed by atoms with Crippen molar-refractivity contribution < 1.29 is 4.39 Å². The molecule has 0 amide bonds. The summed E-state index contributed by atoms with van der Waals surface area (Å²) in [5.74, 6) is -0.318. The summed E-state index contributed by atoms with van der Waals surface area (Å²) in [5.41, 5.74) is 8.73. The van der Waals surface area contributed by atoms with E-state index in [0.29, 0.717) is 22.0 Å². The third-order valence-corrected chi connectivity index (χ3v) is 3.70. The highest BCUT2D eigenvalue weighted by Crippen LogP contribution is 2.27. The van der Waals surface area contributed by atoms with Gasteiger partial charge in [0.1, 0.15) is 5.82 Å². The lowest BCUT2D eigenvalue weighted by Crippen LogP contribution is -2.14. The number of nitrogens with two attached hydrogens (primary N) is 1. The Bertz CT molecular complexity index is 599. The zero-order valence-electron chi connectivity index (χ0n) is 10.5. The zero-order chi connectivity index (χ0) is 14.0. The van der Waals surface area contributed by atoms with Gasteiger partial charge >= 0.3 is 0 Å². The maximum absolute atomic E-state index is 13.2. The van der Waals surface area contributed by atoms with Crippen LogP contribution in [0.15, 0.2) is 36.4 Å². The molecule has 0 aliphatic rings. The molecule has 2 rings (SSSR count). The van der Waals surface area contributed by atoms with Crippen LogP contribution in [0.3, 0.4) is 0 Å². The summed E-state index contributed by atoms with van der Waals surface area (Å²) >= 11 is 12.2. The summed E-state index contributed by atoms with van der Waals surface area (Å²) in [6.07, 6.45) is 0.444. The highest BCUT2D eigenvalue weighted by molar-refractivity contribution is 6.31. The Morgan fingerprint density at radius 3 is 2.53 bits per heavy atom. The summed E-state index contributed by atoms with van der Waals surface area (Å²) in [6.45, 7) is 1.96. The third-order valence-electron chi connectivity index (χ3n) is 3.00. The lowest BCUT2D eigenvalue weighted by Gasteiger charge is -2.15. The maximum atomic E-state index is 13.2. The molecule has 2 aromatic rings. The van der Waals surface area contributed by atoms with Crippen molar-refractivity contribution in [2.24, 2.45) is 5.73 Å². The quantitative estimate of drug-likeness (QED) is 0.874. The smallest absolute Gasteiger partial charge is 0.123 e. The number of benzene rings is 2. The summed E-state index contributed by atoms with van der Waals surface area (Å²) in [6, 6.07) is 9.68. The molecular weight excluding hydrogens is 284 g/mol. The molecule has 2 N–H and O–H groups in total. The van der Waals surface area contributed by atoms with Gasteiger partial charge in [0.05, 0.1) is 0 Å². The minimum Gasteiger partial charge on any atom is -0.324 e. The molecule has 1 atom stereocenters. The molecule has 0 saturated carbocycles. The van der Waals surface area contributed by atoms with Gasteiger partial charge in [0.25, 0.3) is 0 Å². The van der Waals surface area contributed by atoms with Gasteiger partial charge in [-0.15, -0.1) is 0 Å². The fourth-order valence-corrected chi connectivity index (χ4v) is 2.55. The van der Waals surface area contributed by atoms with E-state index in [1.54, 1.807) is 0 Å². The van der Waals surface area contributed by atoms with Crippen molar-refractivity contribution in [3.8, 4) is 0 Å². The first-order valence-corrected chi connectivity index (χ1v) is 6.68. The molecule has 0 saturated heterocycles. The summed E-state index contributed by atoms with van der Waals surface area (Å²) in [7, 11) is 0. The van der Waals surface area contributed by atoms with Crippen LogP contribution in [0.2, 0.25) is 10.0 Å². The maximum Gasteiger partial charge on any atom is 0.123 e. The lowest BCUT2D eigenvalue weighted by molar-refractivity contribution is 0.622. The van der Waals surface area contributed by atoms with Crippen LogP contribution in [-0.2, 0) is 6.42 Å². The van der Waals surface area contributed by atoms with E-state index < -0.39 is 0 Å². The average molecular weight is 298 g/mol. The molecule has 4 heteroatoms. The Morgan fingerprint density at radius 1 is 1.11 bits per heavy atom. The van der Waals surface area contributed by atoms with Gasteiger partial charge in [0, 0.05) is 16.1 Å². The standard InChI is InChI=1S/C15H14Cl2FN/c1-9-2-4-12(14(17)6-9)15(19)8-10-7-11(18)3-5-13(10)16/h2-7,15H,8,19H2,1H3. The zero-order valence-corrected chi connectivity index (χ0v) is 12.0. The van der Waals surface area contributed by atoms with Crippen LogP contribution in [-0.4, -0.2) is 0 Å². The topological polar surface area (TPSA) is 26.0 Å². The number of halogens is 3. The van der Waals surface area contributed by atoms with Gasteiger partial charge in [-0.3, -0.25) is 0 Å². The van der Waals surface area contributed by atoms with E-state index in [1.807, 2.05) is 25.1 Å². The molecule has 0 aromatic heterocycles. The number of rotatable bonds is 3.